The zero-order valence-corrected chi connectivity index (χ0v) is 8.67. The third kappa shape index (κ3) is 1.37. The van der Waals surface area contributed by atoms with Crippen molar-refractivity contribution in [3.05, 3.63) is 16.8 Å². The van der Waals surface area contributed by atoms with Gasteiger partial charge in [0, 0.05) is 6.42 Å². The summed E-state index contributed by atoms with van der Waals surface area (Å²) in [6.45, 7) is 0. The Labute approximate surface area is 89.5 Å². The van der Waals surface area contributed by atoms with Gasteiger partial charge in [-0.15, -0.1) is 11.3 Å². The zero-order chi connectivity index (χ0) is 10.3. The fourth-order valence-corrected chi connectivity index (χ4v) is 2.72. The Balaban J connectivity index is 2.09. The van der Waals surface area contributed by atoms with Crippen molar-refractivity contribution in [1.82, 2.24) is 20.4 Å². The van der Waals surface area contributed by atoms with E-state index in [4.69, 9.17) is 0 Å². The molecule has 0 aromatic carbocycles. The third-order valence-corrected chi connectivity index (χ3v) is 3.56. The largest absolute Gasteiger partial charge is 0.293 e. The van der Waals surface area contributed by atoms with E-state index < -0.39 is 0 Å². The standard InChI is InChI=1S/C9H8N4OS/c14-7-3-1-2-5-8(7)15-9(11-5)6-4-10-13-12-6/h4H,1-3H2,(H,10,12,13). The van der Waals surface area contributed by atoms with Crippen molar-refractivity contribution in [2.24, 2.45) is 0 Å². The Morgan fingerprint density at radius 1 is 1.40 bits per heavy atom. The molecule has 0 unspecified atom stereocenters. The quantitative estimate of drug-likeness (QED) is 0.789. The Hall–Kier alpha value is -1.56. The number of hydrogen-bond donors (Lipinski definition) is 1. The first kappa shape index (κ1) is 8.72. The highest BCUT2D eigenvalue weighted by Crippen LogP contribution is 2.31. The van der Waals surface area contributed by atoms with Gasteiger partial charge in [0.05, 0.1) is 16.8 Å². The van der Waals surface area contributed by atoms with Crippen LogP contribution in [-0.4, -0.2) is 26.2 Å². The van der Waals surface area contributed by atoms with Gasteiger partial charge < -0.3 is 0 Å². The van der Waals surface area contributed by atoms with Crippen LogP contribution in [0.15, 0.2) is 6.20 Å². The summed E-state index contributed by atoms with van der Waals surface area (Å²) in [5.74, 6) is 0.212. The highest BCUT2D eigenvalue weighted by molar-refractivity contribution is 7.17. The lowest BCUT2D eigenvalue weighted by Crippen LogP contribution is -2.07. The van der Waals surface area contributed by atoms with E-state index in [0.717, 1.165) is 28.4 Å². The van der Waals surface area contributed by atoms with Crippen LogP contribution in [-0.2, 0) is 6.42 Å². The molecule has 0 saturated heterocycles. The summed E-state index contributed by atoms with van der Waals surface area (Å²) >= 11 is 1.42. The van der Waals surface area contributed by atoms with Crippen LogP contribution in [0, 0.1) is 0 Å². The second kappa shape index (κ2) is 3.23. The van der Waals surface area contributed by atoms with Crippen molar-refractivity contribution >= 4 is 17.1 Å². The van der Waals surface area contributed by atoms with Crippen molar-refractivity contribution in [3.63, 3.8) is 0 Å². The first-order valence-electron chi connectivity index (χ1n) is 4.73. The highest BCUT2D eigenvalue weighted by Gasteiger charge is 2.23. The second-order valence-corrected chi connectivity index (χ2v) is 4.43. The summed E-state index contributed by atoms with van der Waals surface area (Å²) in [5.41, 5.74) is 1.64. The summed E-state index contributed by atoms with van der Waals surface area (Å²) in [4.78, 5) is 16.8. The van der Waals surface area contributed by atoms with Gasteiger partial charge in [0.2, 0.25) is 0 Å². The number of rotatable bonds is 1. The molecule has 3 rings (SSSR count). The van der Waals surface area contributed by atoms with Gasteiger partial charge in [-0.1, -0.05) is 0 Å². The molecule has 0 amide bonds. The van der Waals surface area contributed by atoms with E-state index in [2.05, 4.69) is 20.4 Å². The molecular weight excluding hydrogens is 212 g/mol. The molecule has 2 aromatic rings. The minimum absolute atomic E-state index is 0.212. The van der Waals surface area contributed by atoms with E-state index in [1.54, 1.807) is 6.20 Å². The predicted octanol–water partition coefficient (Wildman–Crippen LogP) is 1.45. The van der Waals surface area contributed by atoms with Gasteiger partial charge in [-0.2, -0.15) is 15.4 Å². The van der Waals surface area contributed by atoms with Crippen LogP contribution in [0.4, 0.5) is 0 Å². The molecule has 0 bridgehead atoms. The lowest BCUT2D eigenvalue weighted by molar-refractivity contribution is 0.0976. The van der Waals surface area contributed by atoms with Gasteiger partial charge in [-0.25, -0.2) is 4.98 Å². The summed E-state index contributed by atoms with van der Waals surface area (Å²) in [6, 6.07) is 0. The average molecular weight is 220 g/mol. The molecule has 1 aliphatic carbocycles. The Morgan fingerprint density at radius 3 is 3.07 bits per heavy atom. The molecule has 1 N–H and O–H groups in total. The van der Waals surface area contributed by atoms with E-state index in [9.17, 15) is 4.79 Å². The fourth-order valence-electron chi connectivity index (χ4n) is 1.68. The molecule has 2 aromatic heterocycles. The van der Waals surface area contributed by atoms with Gasteiger partial charge in [0.25, 0.3) is 0 Å². The van der Waals surface area contributed by atoms with Gasteiger partial charge in [-0.05, 0) is 12.8 Å². The minimum Gasteiger partial charge on any atom is -0.293 e. The van der Waals surface area contributed by atoms with Crippen LogP contribution >= 0.6 is 11.3 Å². The van der Waals surface area contributed by atoms with Crippen molar-refractivity contribution < 1.29 is 4.79 Å². The number of fused-ring (bicyclic) bond motifs is 1. The molecule has 0 spiro atoms. The summed E-state index contributed by atoms with van der Waals surface area (Å²) in [7, 11) is 0. The molecule has 0 aliphatic heterocycles. The number of carbonyl (C=O) groups is 1. The molecule has 0 saturated carbocycles. The fraction of sp³-hybridized carbons (Fsp3) is 0.333. The molecule has 0 radical (unpaired) electrons. The number of nitrogens with one attached hydrogen (secondary N) is 1. The topological polar surface area (TPSA) is 71.5 Å². The Bertz CT molecular complexity index is 502. The minimum atomic E-state index is 0.212. The van der Waals surface area contributed by atoms with Gasteiger partial charge in [0.15, 0.2) is 5.78 Å². The number of thiazole rings is 1. The molecule has 2 heterocycles. The predicted molar refractivity (Wildman–Crippen MR) is 54.8 cm³/mol. The van der Waals surface area contributed by atoms with Crippen LogP contribution in [0.1, 0.15) is 28.2 Å². The van der Waals surface area contributed by atoms with E-state index in [0.29, 0.717) is 12.1 Å². The molecule has 1 aliphatic rings. The molecule has 5 nitrogen and oxygen atoms in total. The number of ketones is 1. The number of nitrogens with zero attached hydrogens (tertiary/aromatic N) is 3. The van der Waals surface area contributed by atoms with Crippen molar-refractivity contribution in [1.29, 1.82) is 0 Å². The van der Waals surface area contributed by atoms with Crippen LogP contribution in [0.3, 0.4) is 0 Å². The maximum atomic E-state index is 11.6. The number of Topliss-reactive ketones (excluding diaryl/α,β-unsaturated/α-hetero) is 1. The number of aromatic amines is 1. The average Bonchev–Trinajstić information content (AvgIpc) is 2.86. The van der Waals surface area contributed by atoms with E-state index in [-0.39, 0.29) is 5.78 Å². The van der Waals surface area contributed by atoms with Crippen molar-refractivity contribution in [2.45, 2.75) is 19.3 Å². The molecule has 0 fully saturated rings. The normalized spacial score (nSPS) is 15.3. The zero-order valence-electron chi connectivity index (χ0n) is 7.86. The van der Waals surface area contributed by atoms with Crippen molar-refractivity contribution in [2.75, 3.05) is 0 Å². The molecule has 15 heavy (non-hydrogen) atoms. The van der Waals surface area contributed by atoms with Crippen molar-refractivity contribution in [3.8, 4) is 10.7 Å². The number of H-pyrrole nitrogens is 1. The van der Waals surface area contributed by atoms with Gasteiger partial charge >= 0.3 is 0 Å². The number of aryl methyl sites for hydroxylation is 1. The highest BCUT2D eigenvalue weighted by atomic mass is 32.1. The number of aromatic nitrogens is 4. The first-order valence-corrected chi connectivity index (χ1v) is 5.55. The lowest BCUT2D eigenvalue weighted by Gasteiger charge is -2.06. The van der Waals surface area contributed by atoms with Crippen LogP contribution in [0.5, 0.6) is 0 Å². The monoisotopic (exact) mass is 220 g/mol. The summed E-state index contributed by atoms with van der Waals surface area (Å²) in [5, 5.41) is 11.0. The molecule has 6 heteroatoms. The van der Waals surface area contributed by atoms with E-state index >= 15 is 0 Å². The summed E-state index contributed by atoms with van der Waals surface area (Å²) in [6.07, 6.45) is 4.07. The SMILES string of the molecule is O=C1CCCc2nc(-c3cn[nH]n3)sc21. The first-order chi connectivity index (χ1) is 7.34. The van der Waals surface area contributed by atoms with E-state index in [1.165, 1.54) is 11.3 Å². The molecule has 76 valence electrons. The van der Waals surface area contributed by atoms with E-state index in [1.807, 2.05) is 0 Å². The maximum absolute atomic E-state index is 11.6. The second-order valence-electron chi connectivity index (χ2n) is 3.43. The molecule has 0 atom stereocenters. The number of carbonyl (C=O) groups excluding carboxylic acids is 1. The van der Waals surface area contributed by atoms with Crippen LogP contribution < -0.4 is 0 Å². The number of hydrogen-bond acceptors (Lipinski definition) is 5. The van der Waals surface area contributed by atoms with Crippen LogP contribution in [0.2, 0.25) is 0 Å². The lowest BCUT2D eigenvalue weighted by atomic mass is 10.0. The van der Waals surface area contributed by atoms with Gasteiger partial charge in [-0.3, -0.25) is 4.79 Å². The smallest absolute Gasteiger partial charge is 0.174 e. The van der Waals surface area contributed by atoms with Crippen LogP contribution in [0.25, 0.3) is 10.7 Å². The Morgan fingerprint density at radius 2 is 2.33 bits per heavy atom. The van der Waals surface area contributed by atoms with Gasteiger partial charge in [0.1, 0.15) is 10.7 Å². The maximum Gasteiger partial charge on any atom is 0.174 e. The molecular formula is C9H8N4OS. The third-order valence-electron chi connectivity index (χ3n) is 2.40. The summed E-state index contributed by atoms with van der Waals surface area (Å²) < 4.78 is 0. The Kier molecular flexibility index (Phi) is 1.88.